The van der Waals surface area contributed by atoms with Gasteiger partial charge in [-0.15, -0.1) is 5.16 Å². The Morgan fingerprint density at radius 3 is 2.42 bits per heavy atom. The molecule has 0 N–H and O–H groups in total. The number of benzene rings is 1. The molecule has 1 aliphatic carbocycles. The van der Waals surface area contributed by atoms with Crippen LogP contribution in [-0.2, 0) is 10.9 Å². The molecule has 1 aromatic rings. The van der Waals surface area contributed by atoms with E-state index in [2.05, 4.69) is 39.0 Å². The molecule has 2 rings (SSSR count). The van der Waals surface area contributed by atoms with Gasteiger partial charge >= 0.3 is 0 Å². The summed E-state index contributed by atoms with van der Waals surface area (Å²) in [6.45, 7) is 10.7. The highest BCUT2D eigenvalue weighted by molar-refractivity contribution is 6.74. The molecule has 0 saturated carbocycles. The van der Waals surface area contributed by atoms with Gasteiger partial charge in [0, 0.05) is 12.0 Å². The fourth-order valence-electron chi connectivity index (χ4n) is 1.69. The second kappa shape index (κ2) is 4.60. The van der Waals surface area contributed by atoms with Crippen molar-refractivity contribution in [3.8, 4) is 0 Å². The molecule has 0 radical (unpaired) electrons. The maximum Gasteiger partial charge on any atom is 0.286 e. The number of oxime groups is 1. The summed E-state index contributed by atoms with van der Waals surface area (Å²) in [5.41, 5.74) is 2.34. The number of fused-ring (bicyclic) bond motifs is 1. The van der Waals surface area contributed by atoms with Gasteiger partial charge in [0.05, 0.1) is 0 Å². The maximum absolute atomic E-state index is 12.2. The van der Waals surface area contributed by atoms with Gasteiger partial charge in [0.25, 0.3) is 8.32 Å². The van der Waals surface area contributed by atoms with Crippen molar-refractivity contribution >= 4 is 19.8 Å². The molecular weight excluding hydrogens is 254 g/mol. The molecule has 0 spiro atoms. The highest BCUT2D eigenvalue weighted by Crippen LogP contribution is 2.36. The van der Waals surface area contributed by atoms with Crippen molar-refractivity contribution in [1.29, 1.82) is 0 Å². The fraction of sp³-hybridized carbons (Fsp3) is 0.467. The number of hydrogen-bond donors (Lipinski definition) is 0. The van der Waals surface area contributed by atoms with Crippen LogP contribution in [0, 0.1) is 0 Å². The summed E-state index contributed by atoms with van der Waals surface area (Å²) in [5.74, 6) is 0.00862. The van der Waals surface area contributed by atoms with Crippen LogP contribution in [0.4, 0.5) is 0 Å². The Kier molecular flexibility index (Phi) is 3.39. The van der Waals surface area contributed by atoms with E-state index in [1.54, 1.807) is 0 Å². The fourth-order valence-corrected chi connectivity index (χ4v) is 2.30. The molecule has 0 saturated heterocycles. The number of rotatable bonds is 2. The Labute approximate surface area is 115 Å². The van der Waals surface area contributed by atoms with Gasteiger partial charge in [0.1, 0.15) is 5.71 Å². The Hall–Kier alpha value is -1.42. The van der Waals surface area contributed by atoms with Crippen molar-refractivity contribution < 1.29 is 9.32 Å². The summed E-state index contributed by atoms with van der Waals surface area (Å²) in [6.07, 6.45) is 0.587. The molecule has 0 bridgehead atoms. The predicted octanol–water partition coefficient (Wildman–Crippen LogP) is 3.80. The molecule has 0 heterocycles. The van der Waals surface area contributed by atoms with Crippen LogP contribution in [-0.4, -0.2) is 19.8 Å². The number of nitrogens with zero attached hydrogens (tertiary/aromatic N) is 1. The molecule has 0 fully saturated rings. The van der Waals surface area contributed by atoms with Crippen LogP contribution in [0.15, 0.2) is 29.4 Å². The van der Waals surface area contributed by atoms with Crippen LogP contribution < -0.4 is 0 Å². The van der Waals surface area contributed by atoms with Crippen LogP contribution in [0.5, 0.6) is 0 Å². The van der Waals surface area contributed by atoms with E-state index in [9.17, 15) is 4.79 Å². The number of carbonyl (C=O) groups excluding carboxylic acids is 1. The van der Waals surface area contributed by atoms with Crippen molar-refractivity contribution in [2.75, 3.05) is 0 Å². The van der Waals surface area contributed by atoms with E-state index < -0.39 is 8.32 Å². The van der Waals surface area contributed by atoms with Crippen LogP contribution in [0.1, 0.15) is 36.7 Å². The van der Waals surface area contributed by atoms with Gasteiger partial charge in [-0.2, -0.15) is 0 Å². The second-order valence-corrected chi connectivity index (χ2v) is 11.3. The van der Waals surface area contributed by atoms with Crippen molar-refractivity contribution in [3.63, 3.8) is 0 Å². The first-order valence-corrected chi connectivity index (χ1v) is 9.51. The van der Waals surface area contributed by atoms with Gasteiger partial charge in [-0.25, -0.2) is 0 Å². The SMILES string of the molecule is CC(C)(C)[Si](C)(C)ON=C1Cc2ccccc2C1=O. The Balaban J connectivity index is 2.19. The Bertz CT molecular complexity index is 541. The monoisotopic (exact) mass is 275 g/mol. The van der Waals surface area contributed by atoms with E-state index in [0.29, 0.717) is 12.1 Å². The molecular formula is C15H21NO2Si. The van der Waals surface area contributed by atoms with Gasteiger partial charge in [-0.05, 0) is 23.7 Å². The van der Waals surface area contributed by atoms with E-state index in [-0.39, 0.29) is 10.8 Å². The Morgan fingerprint density at radius 1 is 1.21 bits per heavy atom. The summed E-state index contributed by atoms with van der Waals surface area (Å²) in [6, 6.07) is 7.66. The van der Waals surface area contributed by atoms with E-state index in [0.717, 1.165) is 11.1 Å². The molecule has 1 aromatic carbocycles. The van der Waals surface area contributed by atoms with E-state index >= 15 is 0 Å². The van der Waals surface area contributed by atoms with Crippen LogP contribution >= 0.6 is 0 Å². The van der Waals surface area contributed by atoms with Gasteiger partial charge in [0.15, 0.2) is 0 Å². The summed E-state index contributed by atoms with van der Waals surface area (Å²) < 4.78 is 5.79. The zero-order valence-corrected chi connectivity index (χ0v) is 13.3. The summed E-state index contributed by atoms with van der Waals surface area (Å²) in [5, 5.41) is 4.27. The zero-order chi connectivity index (χ0) is 14.3. The number of carbonyl (C=O) groups is 1. The molecule has 0 aliphatic heterocycles. The lowest BCUT2D eigenvalue weighted by Crippen LogP contribution is -2.39. The van der Waals surface area contributed by atoms with E-state index in [1.807, 2.05) is 24.3 Å². The van der Waals surface area contributed by atoms with E-state index in [4.69, 9.17) is 4.53 Å². The number of hydrogen-bond acceptors (Lipinski definition) is 3. The molecule has 19 heavy (non-hydrogen) atoms. The Morgan fingerprint density at radius 2 is 1.84 bits per heavy atom. The first-order valence-electron chi connectivity index (χ1n) is 6.60. The molecule has 0 aromatic heterocycles. The molecule has 0 unspecified atom stereocenters. The lowest BCUT2D eigenvalue weighted by molar-refractivity contribution is 0.106. The zero-order valence-electron chi connectivity index (χ0n) is 12.3. The highest BCUT2D eigenvalue weighted by Gasteiger charge is 2.40. The molecule has 0 atom stereocenters. The highest BCUT2D eigenvalue weighted by atomic mass is 28.4. The molecule has 1 aliphatic rings. The summed E-state index contributed by atoms with van der Waals surface area (Å²) in [7, 11) is -1.95. The average Bonchev–Trinajstić information content (AvgIpc) is 2.63. The molecule has 3 nitrogen and oxygen atoms in total. The van der Waals surface area contributed by atoms with Gasteiger partial charge in [-0.1, -0.05) is 45.0 Å². The van der Waals surface area contributed by atoms with Crippen molar-refractivity contribution in [2.45, 2.75) is 45.3 Å². The second-order valence-electron chi connectivity index (χ2n) is 6.55. The van der Waals surface area contributed by atoms with Gasteiger partial charge in [-0.3, -0.25) is 4.79 Å². The first kappa shape index (κ1) is 14.0. The summed E-state index contributed by atoms with van der Waals surface area (Å²) >= 11 is 0. The van der Waals surface area contributed by atoms with E-state index in [1.165, 1.54) is 0 Å². The normalized spacial score (nSPS) is 17.7. The minimum Gasteiger partial charge on any atom is -0.454 e. The topological polar surface area (TPSA) is 38.7 Å². The largest absolute Gasteiger partial charge is 0.454 e. The van der Waals surface area contributed by atoms with Crippen LogP contribution in [0.3, 0.4) is 0 Å². The standard InChI is InChI=1S/C15H21NO2Si/c1-15(2,3)19(4,5)18-16-13-10-11-8-6-7-9-12(11)14(13)17/h6-9H,10H2,1-5H3. The minimum absolute atomic E-state index is 0.00862. The maximum atomic E-state index is 12.2. The molecule has 0 amide bonds. The van der Waals surface area contributed by atoms with Crippen molar-refractivity contribution in [1.82, 2.24) is 0 Å². The summed E-state index contributed by atoms with van der Waals surface area (Å²) in [4.78, 5) is 12.2. The van der Waals surface area contributed by atoms with Crippen LogP contribution in [0.25, 0.3) is 0 Å². The minimum atomic E-state index is -1.95. The molecule has 4 heteroatoms. The third kappa shape index (κ3) is 2.63. The average molecular weight is 275 g/mol. The van der Waals surface area contributed by atoms with Crippen LogP contribution in [0.2, 0.25) is 18.1 Å². The number of ketones is 1. The number of Topliss-reactive ketones (excluding diaryl/α,β-unsaturated/α-hetero) is 1. The van der Waals surface area contributed by atoms with Gasteiger partial charge < -0.3 is 4.53 Å². The third-order valence-corrected chi connectivity index (χ3v) is 8.23. The first-order chi connectivity index (χ1) is 8.72. The predicted molar refractivity (Wildman–Crippen MR) is 80.2 cm³/mol. The smallest absolute Gasteiger partial charge is 0.286 e. The lowest BCUT2D eigenvalue weighted by Gasteiger charge is -2.33. The molecule has 102 valence electrons. The van der Waals surface area contributed by atoms with Crippen molar-refractivity contribution in [2.24, 2.45) is 5.16 Å². The van der Waals surface area contributed by atoms with Gasteiger partial charge in [0.2, 0.25) is 5.78 Å². The third-order valence-electron chi connectivity index (χ3n) is 4.07. The quantitative estimate of drug-likeness (QED) is 0.608. The van der Waals surface area contributed by atoms with Crippen molar-refractivity contribution in [3.05, 3.63) is 35.4 Å². The lowest BCUT2D eigenvalue weighted by atomic mass is 10.1.